The summed E-state index contributed by atoms with van der Waals surface area (Å²) in [5.74, 6) is -0.585. The number of nitrogens with zero attached hydrogens (tertiary/aromatic N) is 1. The highest BCUT2D eigenvalue weighted by Gasteiger charge is 2.53. The number of likely N-dealkylation sites (tertiary alicyclic amines) is 1. The van der Waals surface area contributed by atoms with Crippen molar-refractivity contribution in [3.05, 3.63) is 0 Å². The summed E-state index contributed by atoms with van der Waals surface area (Å²) in [7, 11) is -2.11. The molecule has 1 fully saturated rings. The Hall–Kier alpha value is -1.61. The zero-order valence-electron chi connectivity index (χ0n) is 25.9. The van der Waals surface area contributed by atoms with E-state index < -0.39 is 43.7 Å². The van der Waals surface area contributed by atoms with Crippen molar-refractivity contribution in [3.8, 4) is 0 Å². The molecular weight excluding hydrogens is 488 g/mol. The Kier molecular flexibility index (Phi) is 10.9. The summed E-state index contributed by atoms with van der Waals surface area (Å²) in [6.45, 7) is 27.8. The van der Waals surface area contributed by atoms with Gasteiger partial charge in [-0.25, -0.2) is 9.59 Å². The van der Waals surface area contributed by atoms with Gasteiger partial charge < -0.3 is 19.2 Å². The van der Waals surface area contributed by atoms with Crippen LogP contribution in [0.2, 0.25) is 18.1 Å². The SMILES string of the molecule is CC(=O)N[C@@H](CC(C)C)[C@H]1[C@H](CO[Si](C)(C)C(C)(C)C)C[C@H](C(=O)OC(C)(C)C)N1C(=O)OC(C)(C)C. The summed E-state index contributed by atoms with van der Waals surface area (Å²) in [5, 5.41) is 3.09. The highest BCUT2D eigenvalue weighted by molar-refractivity contribution is 6.74. The monoisotopic (exact) mass is 542 g/mol. The van der Waals surface area contributed by atoms with E-state index in [1.54, 1.807) is 20.8 Å². The van der Waals surface area contributed by atoms with E-state index in [0.29, 0.717) is 19.4 Å². The quantitative estimate of drug-likeness (QED) is 0.303. The molecule has 0 radical (unpaired) electrons. The number of hydrogen-bond donors (Lipinski definition) is 1. The molecule has 216 valence electrons. The van der Waals surface area contributed by atoms with Crippen LogP contribution < -0.4 is 5.32 Å². The first kappa shape index (κ1) is 33.4. The lowest BCUT2D eigenvalue weighted by atomic mass is 9.89. The second-order valence-electron chi connectivity index (χ2n) is 14.4. The van der Waals surface area contributed by atoms with Gasteiger partial charge in [0.1, 0.15) is 17.2 Å². The van der Waals surface area contributed by atoms with E-state index in [4.69, 9.17) is 13.9 Å². The molecule has 1 heterocycles. The van der Waals surface area contributed by atoms with Gasteiger partial charge in [-0.2, -0.15) is 0 Å². The Labute approximate surface area is 226 Å². The lowest BCUT2D eigenvalue weighted by Gasteiger charge is -2.40. The molecule has 1 aliphatic rings. The average molecular weight is 543 g/mol. The van der Waals surface area contributed by atoms with Crippen LogP contribution in [0.1, 0.15) is 95.9 Å². The Bertz CT molecular complexity index is 807. The van der Waals surface area contributed by atoms with Gasteiger partial charge in [-0.1, -0.05) is 34.6 Å². The maximum Gasteiger partial charge on any atom is 0.411 e. The van der Waals surface area contributed by atoms with Gasteiger partial charge in [0.2, 0.25) is 5.91 Å². The van der Waals surface area contributed by atoms with Gasteiger partial charge in [0.05, 0.1) is 6.04 Å². The second kappa shape index (κ2) is 12.1. The number of hydrogen-bond acceptors (Lipinski definition) is 6. The van der Waals surface area contributed by atoms with Gasteiger partial charge in [-0.05, 0) is 78.4 Å². The highest BCUT2D eigenvalue weighted by atomic mass is 28.4. The minimum Gasteiger partial charge on any atom is -0.458 e. The molecule has 2 amide bonds. The molecule has 8 nitrogen and oxygen atoms in total. The van der Waals surface area contributed by atoms with Crippen molar-refractivity contribution in [1.29, 1.82) is 0 Å². The first-order valence-corrected chi connectivity index (χ1v) is 16.5. The molecule has 37 heavy (non-hydrogen) atoms. The van der Waals surface area contributed by atoms with Crippen molar-refractivity contribution in [2.45, 2.75) is 143 Å². The van der Waals surface area contributed by atoms with E-state index in [1.165, 1.54) is 11.8 Å². The molecule has 0 aromatic heterocycles. The maximum atomic E-state index is 13.7. The Morgan fingerprint density at radius 3 is 1.86 bits per heavy atom. The van der Waals surface area contributed by atoms with Gasteiger partial charge in [-0.15, -0.1) is 0 Å². The summed E-state index contributed by atoms with van der Waals surface area (Å²) in [4.78, 5) is 41.0. The second-order valence-corrected chi connectivity index (χ2v) is 19.2. The smallest absolute Gasteiger partial charge is 0.411 e. The summed E-state index contributed by atoms with van der Waals surface area (Å²) >= 11 is 0. The molecule has 0 bridgehead atoms. The van der Waals surface area contributed by atoms with Crippen molar-refractivity contribution in [2.24, 2.45) is 11.8 Å². The van der Waals surface area contributed by atoms with Crippen LogP contribution in [0.25, 0.3) is 0 Å². The third-order valence-electron chi connectivity index (χ3n) is 6.94. The molecule has 9 heteroatoms. The van der Waals surface area contributed by atoms with E-state index in [9.17, 15) is 14.4 Å². The number of carbonyl (C=O) groups is 3. The summed E-state index contributed by atoms with van der Waals surface area (Å²) in [6.07, 6.45) is 0.435. The van der Waals surface area contributed by atoms with Crippen LogP contribution in [0.4, 0.5) is 4.79 Å². The molecule has 1 rings (SSSR count). The summed E-state index contributed by atoms with van der Waals surface area (Å²) < 4.78 is 18.2. The molecule has 0 aromatic rings. The molecule has 0 spiro atoms. The fourth-order valence-electron chi connectivity index (χ4n) is 4.39. The number of nitrogens with one attached hydrogen (secondary N) is 1. The first-order valence-electron chi connectivity index (χ1n) is 13.6. The predicted molar refractivity (Wildman–Crippen MR) is 150 cm³/mol. The van der Waals surface area contributed by atoms with E-state index >= 15 is 0 Å². The fourth-order valence-corrected chi connectivity index (χ4v) is 5.46. The van der Waals surface area contributed by atoms with E-state index in [1.807, 2.05) is 20.8 Å². The van der Waals surface area contributed by atoms with Gasteiger partial charge in [0, 0.05) is 25.5 Å². The molecule has 0 aromatic carbocycles. The third-order valence-corrected chi connectivity index (χ3v) is 11.4. The first-order chi connectivity index (χ1) is 16.4. The van der Waals surface area contributed by atoms with Crippen LogP contribution in [-0.4, -0.2) is 67.1 Å². The normalized spacial score (nSPS) is 22.1. The third kappa shape index (κ3) is 10.2. The van der Waals surface area contributed by atoms with Crippen molar-refractivity contribution >= 4 is 26.3 Å². The number of esters is 1. The molecule has 1 aliphatic heterocycles. The zero-order chi connectivity index (χ0) is 29.1. The van der Waals surface area contributed by atoms with E-state index in [-0.39, 0.29) is 28.8 Å². The lowest BCUT2D eigenvalue weighted by molar-refractivity contribution is -0.160. The van der Waals surface area contributed by atoms with Gasteiger partial charge >= 0.3 is 12.1 Å². The van der Waals surface area contributed by atoms with Crippen LogP contribution in [0.5, 0.6) is 0 Å². The summed E-state index contributed by atoms with van der Waals surface area (Å²) in [5.41, 5.74) is -1.46. The topological polar surface area (TPSA) is 94.2 Å². The Morgan fingerprint density at radius 1 is 0.946 bits per heavy atom. The highest BCUT2D eigenvalue weighted by Crippen LogP contribution is 2.40. The van der Waals surface area contributed by atoms with E-state index in [2.05, 4.69) is 53.0 Å². The molecule has 0 unspecified atom stereocenters. The average Bonchev–Trinajstić information content (AvgIpc) is 3.01. The maximum absolute atomic E-state index is 13.7. The lowest BCUT2D eigenvalue weighted by Crippen LogP contribution is -2.57. The minimum atomic E-state index is -2.11. The van der Waals surface area contributed by atoms with Gasteiger partial charge in [0.25, 0.3) is 0 Å². The largest absolute Gasteiger partial charge is 0.458 e. The molecule has 1 saturated heterocycles. The molecular formula is C28H54N2O6Si. The van der Waals surface area contributed by atoms with Crippen LogP contribution in [0.3, 0.4) is 0 Å². The molecule has 0 saturated carbocycles. The Morgan fingerprint density at radius 2 is 1.46 bits per heavy atom. The van der Waals surface area contributed by atoms with Crippen molar-refractivity contribution in [3.63, 3.8) is 0 Å². The number of ether oxygens (including phenoxy) is 2. The minimum absolute atomic E-state index is 0.00545. The molecule has 0 aliphatic carbocycles. The van der Waals surface area contributed by atoms with Crippen LogP contribution in [0.15, 0.2) is 0 Å². The number of carbonyl (C=O) groups excluding carboxylic acids is 3. The Balaban J connectivity index is 3.61. The zero-order valence-corrected chi connectivity index (χ0v) is 26.9. The van der Waals surface area contributed by atoms with Crippen LogP contribution >= 0.6 is 0 Å². The molecule has 1 N–H and O–H groups in total. The van der Waals surface area contributed by atoms with Gasteiger partial charge in [-0.3, -0.25) is 9.69 Å². The number of amides is 2. The van der Waals surface area contributed by atoms with E-state index in [0.717, 1.165) is 0 Å². The van der Waals surface area contributed by atoms with Crippen LogP contribution in [-0.2, 0) is 23.5 Å². The van der Waals surface area contributed by atoms with Crippen molar-refractivity contribution < 1.29 is 28.3 Å². The van der Waals surface area contributed by atoms with Gasteiger partial charge in [0.15, 0.2) is 8.32 Å². The fraction of sp³-hybridized carbons (Fsp3) is 0.893. The van der Waals surface area contributed by atoms with Crippen LogP contribution in [0, 0.1) is 11.8 Å². The number of rotatable bonds is 8. The van der Waals surface area contributed by atoms with Crippen molar-refractivity contribution in [2.75, 3.05) is 6.61 Å². The van der Waals surface area contributed by atoms with Crippen molar-refractivity contribution in [1.82, 2.24) is 10.2 Å². The molecule has 4 atom stereocenters. The predicted octanol–water partition coefficient (Wildman–Crippen LogP) is 5.89. The summed E-state index contributed by atoms with van der Waals surface area (Å²) in [6, 6.07) is -1.69. The standard InChI is InChI=1S/C28H54N2O6Si/c1-18(2)15-21(29-19(3)31)23-20(17-34-37(13,14)28(10,11)12)16-22(24(32)35-26(4,5)6)30(23)25(33)36-27(7,8)9/h18,20-23H,15-17H2,1-14H3,(H,29,31)/t20-,21-,22+,23+/m0/s1.